The first kappa shape index (κ1) is 19.3. The molecular weight excluding hydrogens is 354 g/mol. The zero-order valence-electron chi connectivity index (χ0n) is 16.8. The Hall–Kier alpha value is -2.02. The fourth-order valence-electron chi connectivity index (χ4n) is 4.51. The number of ether oxygens (including phenoxy) is 2. The molecule has 6 heteroatoms. The average molecular weight is 386 g/mol. The van der Waals surface area contributed by atoms with Gasteiger partial charge in [0.2, 0.25) is 0 Å². The molecule has 2 aliphatic heterocycles. The molecule has 2 aliphatic rings. The van der Waals surface area contributed by atoms with Gasteiger partial charge in [-0.3, -0.25) is 9.80 Å². The Morgan fingerprint density at radius 2 is 1.89 bits per heavy atom. The molecule has 1 unspecified atom stereocenters. The summed E-state index contributed by atoms with van der Waals surface area (Å²) in [7, 11) is 1.66. The molecule has 3 heterocycles. The zero-order chi connectivity index (χ0) is 19.5. The summed E-state index contributed by atoms with van der Waals surface area (Å²) in [6, 6.07) is 13.0. The summed E-state index contributed by atoms with van der Waals surface area (Å²) in [5.74, 6) is 1.55. The number of aliphatic hydroxyl groups excluding tert-OH is 1. The van der Waals surface area contributed by atoms with Gasteiger partial charge in [-0.15, -0.1) is 0 Å². The van der Waals surface area contributed by atoms with Crippen molar-refractivity contribution in [2.45, 2.75) is 44.6 Å². The Bertz CT molecular complexity index is 778. The van der Waals surface area contributed by atoms with Crippen LogP contribution in [0.15, 0.2) is 42.6 Å². The zero-order valence-corrected chi connectivity index (χ0v) is 16.8. The van der Waals surface area contributed by atoms with Crippen LogP contribution in [0.4, 0.5) is 0 Å². The van der Waals surface area contributed by atoms with Crippen LogP contribution >= 0.6 is 0 Å². The standard InChI is InChI=1S/C22H31N3O3/c1-17-13-25-16-20(26)12-19(25)15-24(17)14-18-6-5-9-23(18)10-11-28-22-8-4-3-7-21(22)27-2/h3-9,17,19-20,26H,10-16H2,1-2H3/t17-,19?,20+/m0/s1. The van der Waals surface area contributed by atoms with E-state index in [1.54, 1.807) is 7.11 Å². The number of methoxy groups -OCH3 is 1. The van der Waals surface area contributed by atoms with Crippen molar-refractivity contribution in [1.29, 1.82) is 0 Å². The number of nitrogens with zero attached hydrogens (tertiary/aromatic N) is 3. The monoisotopic (exact) mass is 385 g/mol. The lowest BCUT2D eigenvalue weighted by Gasteiger charge is -2.42. The summed E-state index contributed by atoms with van der Waals surface area (Å²) < 4.78 is 13.6. The Morgan fingerprint density at radius 3 is 2.71 bits per heavy atom. The molecule has 0 aliphatic carbocycles. The second kappa shape index (κ2) is 8.55. The van der Waals surface area contributed by atoms with Gasteiger partial charge in [-0.05, 0) is 37.6 Å². The molecule has 1 N–H and O–H groups in total. The summed E-state index contributed by atoms with van der Waals surface area (Å²) in [6.45, 7) is 7.53. The lowest BCUT2D eigenvalue weighted by atomic mass is 10.1. The van der Waals surface area contributed by atoms with Gasteiger partial charge in [0.25, 0.3) is 0 Å². The number of para-hydroxylation sites is 2. The van der Waals surface area contributed by atoms with Gasteiger partial charge in [0.05, 0.1) is 19.8 Å². The molecule has 28 heavy (non-hydrogen) atoms. The van der Waals surface area contributed by atoms with E-state index in [9.17, 15) is 5.11 Å². The lowest BCUT2D eigenvalue weighted by molar-refractivity contribution is 0.0511. The first-order chi connectivity index (χ1) is 13.6. The van der Waals surface area contributed by atoms with Crippen LogP contribution in [-0.4, -0.2) is 71.0 Å². The van der Waals surface area contributed by atoms with Crippen LogP contribution in [0.5, 0.6) is 11.5 Å². The third-order valence-corrected chi connectivity index (χ3v) is 6.02. The van der Waals surface area contributed by atoms with Crippen molar-refractivity contribution in [1.82, 2.24) is 14.4 Å². The van der Waals surface area contributed by atoms with Crippen molar-refractivity contribution in [2.75, 3.05) is 33.4 Å². The van der Waals surface area contributed by atoms with E-state index in [-0.39, 0.29) is 6.10 Å². The molecule has 3 atom stereocenters. The number of rotatable bonds is 7. The molecule has 0 bridgehead atoms. The number of fused-ring (bicyclic) bond motifs is 1. The number of aliphatic hydroxyl groups is 1. The minimum atomic E-state index is -0.159. The quantitative estimate of drug-likeness (QED) is 0.792. The van der Waals surface area contributed by atoms with E-state index < -0.39 is 0 Å². The molecule has 6 nitrogen and oxygen atoms in total. The summed E-state index contributed by atoms with van der Waals surface area (Å²) >= 11 is 0. The molecule has 1 aromatic carbocycles. The SMILES string of the molecule is COc1ccccc1OCCn1cccc1CN1CC2C[C@@H](O)CN2C[C@@H]1C. The Kier molecular flexibility index (Phi) is 5.90. The highest BCUT2D eigenvalue weighted by atomic mass is 16.5. The fourth-order valence-corrected chi connectivity index (χ4v) is 4.51. The van der Waals surface area contributed by atoms with Crippen molar-refractivity contribution < 1.29 is 14.6 Å². The van der Waals surface area contributed by atoms with E-state index >= 15 is 0 Å². The van der Waals surface area contributed by atoms with Crippen LogP contribution in [0.1, 0.15) is 19.0 Å². The molecule has 0 amide bonds. The molecule has 4 rings (SSSR count). The van der Waals surface area contributed by atoms with Gasteiger partial charge >= 0.3 is 0 Å². The van der Waals surface area contributed by atoms with E-state index in [0.29, 0.717) is 18.7 Å². The minimum Gasteiger partial charge on any atom is -0.493 e. The van der Waals surface area contributed by atoms with Gasteiger partial charge in [-0.1, -0.05) is 12.1 Å². The van der Waals surface area contributed by atoms with E-state index in [0.717, 1.165) is 50.6 Å². The largest absolute Gasteiger partial charge is 0.493 e. The Morgan fingerprint density at radius 1 is 1.07 bits per heavy atom. The predicted molar refractivity (Wildman–Crippen MR) is 109 cm³/mol. The summed E-state index contributed by atoms with van der Waals surface area (Å²) in [5, 5.41) is 9.97. The van der Waals surface area contributed by atoms with Crippen molar-refractivity contribution in [3.8, 4) is 11.5 Å². The smallest absolute Gasteiger partial charge is 0.161 e. The van der Waals surface area contributed by atoms with Gasteiger partial charge in [0.15, 0.2) is 11.5 Å². The highest BCUT2D eigenvalue weighted by Crippen LogP contribution is 2.27. The van der Waals surface area contributed by atoms with Gasteiger partial charge < -0.3 is 19.1 Å². The van der Waals surface area contributed by atoms with Gasteiger partial charge in [-0.2, -0.15) is 0 Å². The maximum Gasteiger partial charge on any atom is 0.161 e. The Labute approximate surface area is 167 Å². The highest BCUT2D eigenvalue weighted by molar-refractivity contribution is 5.39. The Balaban J connectivity index is 1.34. The van der Waals surface area contributed by atoms with Gasteiger partial charge in [0, 0.05) is 50.2 Å². The molecule has 0 saturated carbocycles. The lowest BCUT2D eigenvalue weighted by Crippen LogP contribution is -2.54. The maximum absolute atomic E-state index is 9.97. The molecule has 2 saturated heterocycles. The van der Waals surface area contributed by atoms with Crippen LogP contribution in [-0.2, 0) is 13.1 Å². The van der Waals surface area contributed by atoms with E-state index in [2.05, 4.69) is 39.6 Å². The number of hydrogen-bond donors (Lipinski definition) is 1. The first-order valence-electron chi connectivity index (χ1n) is 10.2. The molecule has 2 aromatic rings. The molecule has 152 valence electrons. The third-order valence-electron chi connectivity index (χ3n) is 6.02. The van der Waals surface area contributed by atoms with Gasteiger partial charge in [0.1, 0.15) is 6.61 Å². The maximum atomic E-state index is 9.97. The van der Waals surface area contributed by atoms with Crippen molar-refractivity contribution in [3.63, 3.8) is 0 Å². The first-order valence-corrected chi connectivity index (χ1v) is 10.2. The van der Waals surface area contributed by atoms with Crippen molar-refractivity contribution in [3.05, 3.63) is 48.3 Å². The van der Waals surface area contributed by atoms with Gasteiger partial charge in [-0.25, -0.2) is 0 Å². The number of hydrogen-bond acceptors (Lipinski definition) is 5. The molecule has 2 fully saturated rings. The average Bonchev–Trinajstić information content (AvgIpc) is 3.27. The number of benzene rings is 1. The summed E-state index contributed by atoms with van der Waals surface area (Å²) in [4.78, 5) is 5.00. The van der Waals surface area contributed by atoms with E-state index in [4.69, 9.17) is 9.47 Å². The highest BCUT2D eigenvalue weighted by Gasteiger charge is 2.38. The molecular formula is C22H31N3O3. The second-order valence-corrected chi connectivity index (χ2v) is 7.97. The van der Waals surface area contributed by atoms with E-state index in [1.165, 1.54) is 5.69 Å². The minimum absolute atomic E-state index is 0.159. The third kappa shape index (κ3) is 4.19. The van der Waals surface area contributed by atoms with E-state index in [1.807, 2.05) is 24.3 Å². The number of piperazine rings is 1. The number of aromatic nitrogens is 1. The summed E-state index contributed by atoms with van der Waals surface area (Å²) in [5.41, 5.74) is 1.31. The van der Waals surface area contributed by atoms with Crippen molar-refractivity contribution >= 4 is 0 Å². The van der Waals surface area contributed by atoms with Crippen LogP contribution in [0.3, 0.4) is 0 Å². The molecule has 0 spiro atoms. The predicted octanol–water partition coefficient (Wildman–Crippen LogP) is 2.21. The van der Waals surface area contributed by atoms with Crippen LogP contribution in [0, 0.1) is 0 Å². The summed E-state index contributed by atoms with van der Waals surface area (Å²) in [6.07, 6.45) is 2.87. The van der Waals surface area contributed by atoms with Crippen molar-refractivity contribution in [2.24, 2.45) is 0 Å². The van der Waals surface area contributed by atoms with Crippen LogP contribution in [0.2, 0.25) is 0 Å². The molecule has 1 aromatic heterocycles. The van der Waals surface area contributed by atoms with Crippen LogP contribution < -0.4 is 9.47 Å². The topological polar surface area (TPSA) is 50.1 Å². The normalized spacial score (nSPS) is 25.6. The second-order valence-electron chi connectivity index (χ2n) is 7.97. The van der Waals surface area contributed by atoms with Crippen LogP contribution in [0.25, 0.3) is 0 Å². The molecule has 0 radical (unpaired) electrons. The fraction of sp³-hybridized carbons (Fsp3) is 0.545.